The second-order valence-electron chi connectivity index (χ2n) is 12.1. The molecule has 0 bridgehead atoms. The van der Waals surface area contributed by atoms with Crippen LogP contribution in [0.2, 0.25) is 0 Å². The third-order valence-corrected chi connectivity index (χ3v) is 9.03. The van der Waals surface area contributed by atoms with Crippen LogP contribution in [0.1, 0.15) is 106 Å². The van der Waals surface area contributed by atoms with Crippen molar-refractivity contribution in [2.45, 2.75) is 118 Å². The molecule has 1 saturated carbocycles. The van der Waals surface area contributed by atoms with E-state index in [9.17, 15) is 9.59 Å². The summed E-state index contributed by atoms with van der Waals surface area (Å²) in [6, 6.07) is 0. The van der Waals surface area contributed by atoms with Gasteiger partial charge in [-0.1, -0.05) is 65.2 Å². The summed E-state index contributed by atoms with van der Waals surface area (Å²) in [5.74, 6) is 2.40. The van der Waals surface area contributed by atoms with Crippen molar-refractivity contribution in [3.63, 3.8) is 0 Å². The first-order valence-electron chi connectivity index (χ1n) is 13.9. The number of hydrogen-bond acceptors (Lipinski definition) is 4. The fraction of sp³-hybridized carbons (Fsp3) is 0.742. The van der Waals surface area contributed by atoms with Gasteiger partial charge in [0.05, 0.1) is 0 Å². The smallest absolute Gasteiger partial charge is 0.303 e. The molecular weight excluding hydrogens is 436 g/mol. The molecule has 0 amide bonds. The van der Waals surface area contributed by atoms with E-state index in [-0.39, 0.29) is 24.1 Å². The highest BCUT2D eigenvalue weighted by molar-refractivity contribution is 5.67. The molecule has 0 saturated heterocycles. The number of rotatable bonds is 9. The Balaban J connectivity index is 1.75. The zero-order chi connectivity index (χ0) is 25.8. The van der Waals surface area contributed by atoms with Gasteiger partial charge in [0.1, 0.15) is 12.2 Å². The standard InChI is InChI=1S/C31H48O4/c1-20(2)10-8-11-21(3)28-15-16-29-25(12-9-17-31(28,29)7)13-14-26-18-27(34-23(5)32)19-30(22(26)4)35-24(6)33/h12-14,20-21,27-30H,8-11,15-19H2,1-7H3/b14-13-/t21-,27+,28?,29+,30-,31-/m1/s1. The average molecular weight is 485 g/mol. The van der Waals surface area contributed by atoms with Gasteiger partial charge < -0.3 is 9.47 Å². The first-order valence-corrected chi connectivity index (χ1v) is 13.9. The van der Waals surface area contributed by atoms with Gasteiger partial charge in [0, 0.05) is 26.7 Å². The first-order chi connectivity index (χ1) is 16.5. The molecule has 0 aromatic carbocycles. The van der Waals surface area contributed by atoms with E-state index < -0.39 is 0 Å². The molecule has 3 aliphatic carbocycles. The van der Waals surface area contributed by atoms with E-state index in [1.54, 1.807) is 0 Å². The molecule has 35 heavy (non-hydrogen) atoms. The molecule has 0 aromatic heterocycles. The van der Waals surface area contributed by atoms with Crippen molar-refractivity contribution in [1.82, 2.24) is 0 Å². The summed E-state index contributed by atoms with van der Waals surface area (Å²) in [6.45, 7) is 14.6. The van der Waals surface area contributed by atoms with Gasteiger partial charge in [-0.15, -0.1) is 0 Å². The van der Waals surface area contributed by atoms with Crippen molar-refractivity contribution in [2.24, 2.45) is 29.1 Å². The molecule has 4 heteroatoms. The highest BCUT2D eigenvalue weighted by Gasteiger charge is 2.49. The Morgan fingerprint density at radius 3 is 2.46 bits per heavy atom. The van der Waals surface area contributed by atoms with Crippen molar-refractivity contribution >= 4 is 11.9 Å². The maximum atomic E-state index is 11.7. The van der Waals surface area contributed by atoms with Crippen LogP contribution >= 0.6 is 0 Å². The molecule has 1 unspecified atom stereocenters. The number of esters is 2. The van der Waals surface area contributed by atoms with Crippen molar-refractivity contribution < 1.29 is 19.1 Å². The second kappa shape index (κ2) is 11.9. The molecule has 0 heterocycles. The van der Waals surface area contributed by atoms with Gasteiger partial charge in [-0.25, -0.2) is 0 Å². The van der Waals surface area contributed by atoms with Gasteiger partial charge in [-0.3, -0.25) is 9.59 Å². The third kappa shape index (κ3) is 6.89. The minimum Gasteiger partial charge on any atom is -0.462 e. The maximum absolute atomic E-state index is 11.7. The largest absolute Gasteiger partial charge is 0.462 e. The third-order valence-electron chi connectivity index (χ3n) is 9.03. The maximum Gasteiger partial charge on any atom is 0.303 e. The van der Waals surface area contributed by atoms with Crippen LogP contribution in [0.3, 0.4) is 0 Å². The second-order valence-corrected chi connectivity index (χ2v) is 12.1. The van der Waals surface area contributed by atoms with Crippen LogP contribution in [0.5, 0.6) is 0 Å². The van der Waals surface area contributed by atoms with E-state index in [4.69, 9.17) is 9.47 Å². The van der Waals surface area contributed by atoms with E-state index in [1.807, 2.05) is 6.92 Å². The molecule has 3 rings (SSSR count). The summed E-state index contributed by atoms with van der Waals surface area (Å²) in [7, 11) is 0. The number of allylic oxidation sites excluding steroid dienone is 4. The molecule has 0 N–H and O–H groups in total. The van der Waals surface area contributed by atoms with Crippen LogP contribution in [0.15, 0.2) is 34.9 Å². The number of carbonyl (C=O) groups excluding carboxylic acids is 2. The SMILES string of the molecule is CC(=O)O[C@H]1CC(/C=C\C2=CCC[C@]3(C)C([C@H](C)CCCC(C)C)CC[C@@H]23)=C(C)[C@H](OC(C)=O)C1. The van der Waals surface area contributed by atoms with Crippen LogP contribution in [0, 0.1) is 29.1 Å². The topological polar surface area (TPSA) is 52.6 Å². The highest BCUT2D eigenvalue weighted by atomic mass is 16.6. The molecule has 0 aliphatic heterocycles. The van der Waals surface area contributed by atoms with E-state index in [1.165, 1.54) is 57.9 Å². The lowest BCUT2D eigenvalue weighted by atomic mass is 9.62. The Morgan fingerprint density at radius 1 is 1.09 bits per heavy atom. The van der Waals surface area contributed by atoms with Crippen molar-refractivity contribution in [1.29, 1.82) is 0 Å². The fourth-order valence-corrected chi connectivity index (χ4v) is 7.20. The van der Waals surface area contributed by atoms with Crippen molar-refractivity contribution in [3.8, 4) is 0 Å². The van der Waals surface area contributed by atoms with Crippen LogP contribution in [-0.4, -0.2) is 24.1 Å². The lowest BCUT2D eigenvalue weighted by molar-refractivity contribution is -0.151. The summed E-state index contributed by atoms with van der Waals surface area (Å²) >= 11 is 0. The van der Waals surface area contributed by atoms with E-state index in [0.29, 0.717) is 24.2 Å². The summed E-state index contributed by atoms with van der Waals surface area (Å²) in [6.07, 6.45) is 16.6. The van der Waals surface area contributed by atoms with Gasteiger partial charge in [-0.05, 0) is 78.4 Å². The van der Waals surface area contributed by atoms with Crippen LogP contribution in [0.25, 0.3) is 0 Å². The molecule has 3 aliphatic rings. The zero-order valence-corrected chi connectivity index (χ0v) is 23.2. The summed E-state index contributed by atoms with van der Waals surface area (Å²) in [4.78, 5) is 23.3. The Morgan fingerprint density at radius 2 is 1.80 bits per heavy atom. The quantitative estimate of drug-likeness (QED) is 0.314. The Kier molecular flexibility index (Phi) is 9.46. The molecule has 4 nitrogen and oxygen atoms in total. The Hall–Kier alpha value is -1.84. The van der Waals surface area contributed by atoms with Gasteiger partial charge in [0.25, 0.3) is 0 Å². The Labute approximate surface area is 213 Å². The average Bonchev–Trinajstić information content (AvgIpc) is 3.11. The van der Waals surface area contributed by atoms with Gasteiger partial charge in [-0.2, -0.15) is 0 Å². The first kappa shape index (κ1) is 27.7. The molecule has 1 fully saturated rings. The van der Waals surface area contributed by atoms with E-state index in [0.717, 1.165) is 35.3 Å². The molecule has 0 aromatic rings. The van der Waals surface area contributed by atoms with Crippen LogP contribution in [0.4, 0.5) is 0 Å². The highest BCUT2D eigenvalue weighted by Crippen LogP contribution is 2.58. The van der Waals surface area contributed by atoms with E-state index >= 15 is 0 Å². The minimum absolute atomic E-state index is 0.256. The fourth-order valence-electron chi connectivity index (χ4n) is 7.20. The van der Waals surface area contributed by atoms with Crippen molar-refractivity contribution in [2.75, 3.05) is 0 Å². The number of carbonyl (C=O) groups is 2. The van der Waals surface area contributed by atoms with Crippen molar-refractivity contribution in [3.05, 3.63) is 34.9 Å². The zero-order valence-electron chi connectivity index (χ0n) is 23.2. The number of hydrogen-bond donors (Lipinski definition) is 0. The summed E-state index contributed by atoms with van der Waals surface area (Å²) in [5.41, 5.74) is 4.04. The minimum atomic E-state index is -0.335. The van der Waals surface area contributed by atoms with Gasteiger partial charge >= 0.3 is 11.9 Å². The molecular formula is C31H48O4. The lowest BCUT2D eigenvalue weighted by Crippen LogP contribution is -2.35. The molecule has 0 radical (unpaired) electrons. The monoisotopic (exact) mass is 484 g/mol. The number of ether oxygens (including phenoxy) is 2. The predicted octanol–water partition coefficient (Wildman–Crippen LogP) is 7.73. The molecule has 6 atom stereocenters. The summed E-state index contributed by atoms with van der Waals surface area (Å²) in [5, 5.41) is 0. The summed E-state index contributed by atoms with van der Waals surface area (Å²) < 4.78 is 11.1. The molecule has 196 valence electrons. The van der Waals surface area contributed by atoms with Crippen LogP contribution < -0.4 is 0 Å². The van der Waals surface area contributed by atoms with Crippen LogP contribution in [-0.2, 0) is 19.1 Å². The molecule has 0 spiro atoms. The predicted molar refractivity (Wildman–Crippen MR) is 142 cm³/mol. The lowest BCUT2D eigenvalue weighted by Gasteiger charge is -2.43. The number of fused-ring (bicyclic) bond motifs is 1. The Bertz CT molecular complexity index is 863. The van der Waals surface area contributed by atoms with Gasteiger partial charge in [0.15, 0.2) is 0 Å². The van der Waals surface area contributed by atoms with E-state index in [2.05, 4.69) is 45.9 Å². The van der Waals surface area contributed by atoms with Gasteiger partial charge in [0.2, 0.25) is 0 Å². The normalized spacial score (nSPS) is 31.9.